The summed E-state index contributed by atoms with van der Waals surface area (Å²) < 4.78 is 11.8. The Hall–Kier alpha value is -1.79. The summed E-state index contributed by atoms with van der Waals surface area (Å²) in [4.78, 5) is 1.73. The predicted molar refractivity (Wildman–Crippen MR) is 98.1 cm³/mol. The monoisotopic (exact) mass is 387 g/mol. The maximum absolute atomic E-state index is 10.7. The van der Waals surface area contributed by atoms with Gasteiger partial charge in [-0.05, 0) is 48.7 Å². The standard InChI is InChI=1S/C20H21NO5S/c1-10-5-13-9-25-20(19(24)18(23)17(22)11(2)26-20)16(13)7-12(10)6-14-3-4-15(8-21)27-14/h3-5,7,11,17-19,22-24H,6,9H2,1-2H3/t11-,17-,18+,19-,20+/m1/s1. The molecule has 7 heteroatoms. The average molecular weight is 387 g/mol. The molecule has 1 aromatic heterocycles. The van der Waals surface area contributed by atoms with E-state index in [1.165, 1.54) is 11.3 Å². The van der Waals surface area contributed by atoms with Gasteiger partial charge in [-0.15, -0.1) is 11.3 Å². The van der Waals surface area contributed by atoms with Crippen molar-refractivity contribution in [3.05, 3.63) is 56.3 Å². The molecule has 0 radical (unpaired) electrons. The van der Waals surface area contributed by atoms with Crippen molar-refractivity contribution >= 4 is 11.3 Å². The van der Waals surface area contributed by atoms with Gasteiger partial charge in [0.1, 0.15) is 29.3 Å². The highest BCUT2D eigenvalue weighted by Crippen LogP contribution is 2.46. The summed E-state index contributed by atoms with van der Waals surface area (Å²) in [5.41, 5.74) is 3.70. The molecule has 4 rings (SSSR count). The highest BCUT2D eigenvalue weighted by Gasteiger charge is 2.57. The third-order valence-corrected chi connectivity index (χ3v) is 6.41. The molecule has 5 atom stereocenters. The summed E-state index contributed by atoms with van der Waals surface area (Å²) in [7, 11) is 0. The number of hydrogen-bond acceptors (Lipinski definition) is 7. The summed E-state index contributed by atoms with van der Waals surface area (Å²) in [5, 5.41) is 40.0. The molecular weight excluding hydrogens is 366 g/mol. The zero-order chi connectivity index (χ0) is 19.3. The quantitative estimate of drug-likeness (QED) is 0.725. The maximum atomic E-state index is 10.7. The van der Waals surface area contributed by atoms with Crippen LogP contribution < -0.4 is 0 Å². The number of nitrogens with zero attached hydrogens (tertiary/aromatic N) is 1. The maximum Gasteiger partial charge on any atom is 0.225 e. The van der Waals surface area contributed by atoms with Gasteiger partial charge in [-0.2, -0.15) is 5.26 Å². The van der Waals surface area contributed by atoms with Gasteiger partial charge in [0.05, 0.1) is 12.7 Å². The first-order chi connectivity index (χ1) is 12.9. The van der Waals surface area contributed by atoms with Crippen molar-refractivity contribution in [3.63, 3.8) is 0 Å². The molecule has 1 saturated heterocycles. The Morgan fingerprint density at radius 2 is 2.04 bits per heavy atom. The number of ether oxygens (including phenoxy) is 2. The van der Waals surface area contributed by atoms with Crippen molar-refractivity contribution in [2.75, 3.05) is 0 Å². The zero-order valence-electron chi connectivity index (χ0n) is 15.0. The fourth-order valence-electron chi connectivity index (χ4n) is 3.88. The largest absolute Gasteiger partial charge is 0.388 e. The molecule has 142 valence electrons. The molecule has 1 fully saturated rings. The van der Waals surface area contributed by atoms with Crippen LogP contribution in [0.25, 0.3) is 0 Å². The molecule has 1 spiro atoms. The number of rotatable bonds is 2. The molecule has 0 aliphatic carbocycles. The first-order valence-corrected chi connectivity index (χ1v) is 9.65. The van der Waals surface area contributed by atoms with Gasteiger partial charge in [0.25, 0.3) is 0 Å². The van der Waals surface area contributed by atoms with Crippen LogP contribution >= 0.6 is 11.3 Å². The molecular formula is C20H21NO5S. The van der Waals surface area contributed by atoms with E-state index in [1.807, 2.05) is 25.1 Å². The molecule has 0 saturated carbocycles. The molecule has 0 bridgehead atoms. The van der Waals surface area contributed by atoms with E-state index >= 15 is 0 Å². The van der Waals surface area contributed by atoms with Crippen molar-refractivity contribution < 1.29 is 24.8 Å². The number of aliphatic hydroxyl groups is 3. The van der Waals surface area contributed by atoms with Crippen LogP contribution in [0.1, 0.15) is 38.9 Å². The molecule has 2 aromatic rings. The average Bonchev–Trinajstić information content (AvgIpc) is 3.24. The highest BCUT2D eigenvalue weighted by atomic mass is 32.1. The Kier molecular flexibility index (Phi) is 4.59. The lowest BCUT2D eigenvalue weighted by Crippen LogP contribution is -2.62. The van der Waals surface area contributed by atoms with Gasteiger partial charge in [-0.1, -0.05) is 6.07 Å². The number of nitriles is 1. The van der Waals surface area contributed by atoms with Gasteiger partial charge in [-0.3, -0.25) is 0 Å². The third kappa shape index (κ3) is 2.90. The van der Waals surface area contributed by atoms with Gasteiger partial charge in [0.15, 0.2) is 0 Å². The lowest BCUT2D eigenvalue weighted by atomic mass is 9.86. The van der Waals surface area contributed by atoms with Gasteiger partial charge < -0.3 is 24.8 Å². The zero-order valence-corrected chi connectivity index (χ0v) is 15.9. The van der Waals surface area contributed by atoms with Crippen LogP contribution in [0.5, 0.6) is 0 Å². The SMILES string of the molecule is Cc1cc2c(cc1Cc1ccc(C#N)s1)[C@]1(OC2)O[C@H](C)[C@@H](O)[C@H](O)[C@H]1O. The Labute approximate surface area is 161 Å². The fourth-order valence-corrected chi connectivity index (χ4v) is 4.71. The first-order valence-electron chi connectivity index (χ1n) is 8.83. The van der Waals surface area contributed by atoms with Crippen LogP contribution in [0.3, 0.4) is 0 Å². The fraction of sp³-hybridized carbons (Fsp3) is 0.450. The van der Waals surface area contributed by atoms with Crippen molar-refractivity contribution in [1.29, 1.82) is 5.26 Å². The van der Waals surface area contributed by atoms with Crippen LogP contribution in [0.2, 0.25) is 0 Å². The number of aryl methyl sites for hydroxylation is 1. The summed E-state index contributed by atoms with van der Waals surface area (Å²) in [5.74, 6) is -1.48. The summed E-state index contributed by atoms with van der Waals surface area (Å²) in [6, 6.07) is 9.86. The van der Waals surface area contributed by atoms with E-state index in [0.29, 0.717) is 16.9 Å². The minimum absolute atomic E-state index is 0.265. The lowest BCUT2D eigenvalue weighted by molar-refractivity contribution is -0.362. The summed E-state index contributed by atoms with van der Waals surface area (Å²) >= 11 is 1.45. The predicted octanol–water partition coefficient (Wildman–Crippen LogP) is 1.70. The van der Waals surface area contributed by atoms with Crippen molar-refractivity contribution in [1.82, 2.24) is 0 Å². The molecule has 6 nitrogen and oxygen atoms in total. The Morgan fingerprint density at radius 3 is 2.74 bits per heavy atom. The van der Waals surface area contributed by atoms with Crippen LogP contribution in [-0.2, 0) is 28.3 Å². The van der Waals surface area contributed by atoms with Crippen LogP contribution in [0.4, 0.5) is 0 Å². The number of hydrogen-bond donors (Lipinski definition) is 3. The molecule has 1 aromatic carbocycles. The van der Waals surface area contributed by atoms with E-state index in [9.17, 15) is 15.3 Å². The summed E-state index contributed by atoms with van der Waals surface area (Å²) in [6.45, 7) is 3.92. The van der Waals surface area contributed by atoms with E-state index in [1.54, 1.807) is 13.0 Å². The number of benzene rings is 1. The summed E-state index contributed by atoms with van der Waals surface area (Å²) in [6.07, 6.45) is -3.97. The third-order valence-electron chi connectivity index (χ3n) is 5.42. The van der Waals surface area contributed by atoms with Crippen LogP contribution in [-0.4, -0.2) is 39.7 Å². The van der Waals surface area contributed by atoms with Gasteiger partial charge >= 0.3 is 0 Å². The topological polar surface area (TPSA) is 103 Å². The van der Waals surface area contributed by atoms with E-state index in [-0.39, 0.29) is 6.61 Å². The molecule has 3 heterocycles. The van der Waals surface area contributed by atoms with E-state index in [4.69, 9.17) is 14.7 Å². The molecule has 3 N–H and O–H groups in total. The smallest absolute Gasteiger partial charge is 0.225 e. The minimum Gasteiger partial charge on any atom is -0.388 e. The second-order valence-corrected chi connectivity index (χ2v) is 8.36. The van der Waals surface area contributed by atoms with Gasteiger partial charge in [-0.25, -0.2) is 0 Å². The minimum atomic E-state index is -1.48. The van der Waals surface area contributed by atoms with E-state index in [0.717, 1.165) is 21.6 Å². The Balaban J connectivity index is 1.73. The second kappa shape index (κ2) is 6.67. The van der Waals surface area contributed by atoms with Gasteiger partial charge in [0, 0.05) is 16.9 Å². The molecule has 27 heavy (non-hydrogen) atoms. The van der Waals surface area contributed by atoms with Crippen molar-refractivity contribution in [2.24, 2.45) is 0 Å². The molecule has 0 unspecified atom stereocenters. The lowest BCUT2D eigenvalue weighted by Gasteiger charge is -2.45. The number of thiophene rings is 1. The molecule has 2 aliphatic heterocycles. The van der Waals surface area contributed by atoms with E-state index < -0.39 is 30.2 Å². The Morgan fingerprint density at radius 1 is 1.26 bits per heavy atom. The molecule has 2 aliphatic rings. The van der Waals surface area contributed by atoms with Gasteiger partial charge in [0.2, 0.25) is 5.79 Å². The number of fused-ring (bicyclic) bond motifs is 2. The highest BCUT2D eigenvalue weighted by molar-refractivity contribution is 7.12. The number of aliphatic hydroxyl groups excluding tert-OH is 3. The Bertz CT molecular complexity index is 920. The normalized spacial score (nSPS) is 32.4. The molecule has 0 amide bonds. The second-order valence-electron chi connectivity index (χ2n) is 7.20. The van der Waals surface area contributed by atoms with Crippen molar-refractivity contribution in [3.8, 4) is 6.07 Å². The first kappa shape index (κ1) is 18.6. The van der Waals surface area contributed by atoms with E-state index in [2.05, 4.69) is 6.07 Å². The van der Waals surface area contributed by atoms with Crippen LogP contribution in [0.15, 0.2) is 24.3 Å². The van der Waals surface area contributed by atoms with Crippen LogP contribution in [0, 0.1) is 18.3 Å². The van der Waals surface area contributed by atoms with Crippen molar-refractivity contribution in [2.45, 2.75) is 57.1 Å².